The van der Waals surface area contributed by atoms with Gasteiger partial charge in [0.2, 0.25) is 5.91 Å². The SMILES string of the molecule is COc1ccc([C@@H](CC(=O)NCCc2ccccn2)c2cn(Cc3ccc(C)cc3)c3ccccc23)cc1OC. The van der Waals surface area contributed by atoms with Crippen LogP contribution in [0.25, 0.3) is 10.9 Å². The fourth-order valence-electron chi connectivity index (χ4n) is 5.18. The average Bonchev–Trinajstić information content (AvgIpc) is 3.35. The number of fused-ring (bicyclic) bond motifs is 1. The molecule has 3 aromatic carbocycles. The Balaban J connectivity index is 1.49. The van der Waals surface area contributed by atoms with Crippen LogP contribution in [-0.4, -0.2) is 36.2 Å². The summed E-state index contributed by atoms with van der Waals surface area (Å²) in [5.41, 5.74) is 6.67. The Kier molecular flexibility index (Phi) is 8.45. The molecule has 1 atom stereocenters. The summed E-state index contributed by atoms with van der Waals surface area (Å²) in [4.78, 5) is 17.7. The standard InChI is InChI=1S/C34H35N3O3/c1-24-11-13-25(14-12-24)22-37-23-30(28-9-4-5-10-31(28)37)29(26-15-16-32(39-2)33(20-26)40-3)21-34(38)36-19-17-27-8-6-7-18-35-27/h4-16,18,20,23,29H,17,19,21-22H2,1-3H3,(H,36,38)/t29-/m1/s1. The molecule has 2 heterocycles. The highest BCUT2D eigenvalue weighted by Crippen LogP contribution is 2.38. The number of ether oxygens (including phenoxy) is 2. The van der Waals surface area contributed by atoms with Gasteiger partial charge in [0.25, 0.3) is 0 Å². The number of carbonyl (C=O) groups is 1. The molecule has 204 valence electrons. The van der Waals surface area contributed by atoms with Crippen LogP contribution in [0.5, 0.6) is 11.5 Å². The Morgan fingerprint density at radius 2 is 1.70 bits per heavy atom. The van der Waals surface area contributed by atoms with E-state index in [4.69, 9.17) is 9.47 Å². The number of para-hydroxylation sites is 1. The van der Waals surface area contributed by atoms with Gasteiger partial charge in [0.05, 0.1) is 14.2 Å². The number of amides is 1. The Labute approximate surface area is 235 Å². The first kappa shape index (κ1) is 27.0. The smallest absolute Gasteiger partial charge is 0.220 e. The van der Waals surface area contributed by atoms with E-state index in [1.54, 1.807) is 20.4 Å². The number of rotatable bonds is 11. The van der Waals surface area contributed by atoms with Crippen LogP contribution in [0.15, 0.2) is 97.3 Å². The van der Waals surface area contributed by atoms with Gasteiger partial charge < -0.3 is 19.4 Å². The second-order valence-corrected chi connectivity index (χ2v) is 10.0. The lowest BCUT2D eigenvalue weighted by molar-refractivity contribution is -0.121. The predicted molar refractivity (Wildman–Crippen MR) is 159 cm³/mol. The van der Waals surface area contributed by atoms with Gasteiger partial charge in [0.1, 0.15) is 0 Å². The van der Waals surface area contributed by atoms with Crippen LogP contribution < -0.4 is 14.8 Å². The topological polar surface area (TPSA) is 65.4 Å². The number of hydrogen-bond acceptors (Lipinski definition) is 4. The monoisotopic (exact) mass is 533 g/mol. The molecule has 0 saturated heterocycles. The predicted octanol–water partition coefficient (Wildman–Crippen LogP) is 6.29. The van der Waals surface area contributed by atoms with Gasteiger partial charge in [-0.3, -0.25) is 9.78 Å². The van der Waals surface area contributed by atoms with E-state index >= 15 is 0 Å². The molecule has 0 spiro atoms. The van der Waals surface area contributed by atoms with Crippen LogP contribution in [0.2, 0.25) is 0 Å². The maximum atomic E-state index is 13.3. The van der Waals surface area contributed by atoms with Crippen molar-refractivity contribution >= 4 is 16.8 Å². The van der Waals surface area contributed by atoms with E-state index in [0.29, 0.717) is 30.9 Å². The van der Waals surface area contributed by atoms with Gasteiger partial charge in [-0.1, -0.05) is 60.2 Å². The highest BCUT2D eigenvalue weighted by Gasteiger charge is 2.24. The van der Waals surface area contributed by atoms with Gasteiger partial charge in [0, 0.05) is 60.8 Å². The highest BCUT2D eigenvalue weighted by atomic mass is 16.5. The van der Waals surface area contributed by atoms with Gasteiger partial charge in [-0.15, -0.1) is 0 Å². The molecule has 40 heavy (non-hydrogen) atoms. The van der Waals surface area contributed by atoms with Crippen LogP contribution in [0.3, 0.4) is 0 Å². The van der Waals surface area contributed by atoms with Crippen molar-refractivity contribution in [1.82, 2.24) is 14.9 Å². The van der Waals surface area contributed by atoms with Gasteiger partial charge >= 0.3 is 0 Å². The van der Waals surface area contributed by atoms with E-state index in [-0.39, 0.29) is 11.8 Å². The molecule has 0 saturated carbocycles. The number of aryl methyl sites for hydroxylation is 1. The molecule has 0 aliphatic rings. The van der Waals surface area contributed by atoms with E-state index in [1.807, 2.05) is 36.4 Å². The largest absolute Gasteiger partial charge is 0.493 e. The van der Waals surface area contributed by atoms with Crippen LogP contribution >= 0.6 is 0 Å². The van der Waals surface area contributed by atoms with E-state index in [0.717, 1.165) is 34.3 Å². The molecule has 1 amide bonds. The molecule has 1 N–H and O–H groups in total. The fraction of sp³-hybridized carbons (Fsp3) is 0.235. The maximum absolute atomic E-state index is 13.3. The first-order valence-electron chi connectivity index (χ1n) is 13.6. The molecule has 0 aliphatic carbocycles. The second-order valence-electron chi connectivity index (χ2n) is 10.0. The van der Waals surface area contributed by atoms with Crippen LogP contribution in [-0.2, 0) is 17.8 Å². The third-order valence-electron chi connectivity index (χ3n) is 7.30. The number of nitrogens with zero attached hydrogens (tertiary/aromatic N) is 2. The van der Waals surface area contributed by atoms with E-state index < -0.39 is 0 Å². The van der Waals surface area contributed by atoms with Gasteiger partial charge in [-0.2, -0.15) is 0 Å². The highest BCUT2D eigenvalue weighted by molar-refractivity contribution is 5.87. The first-order valence-corrected chi connectivity index (χ1v) is 13.6. The Hall–Kier alpha value is -4.58. The normalized spacial score (nSPS) is 11.8. The third kappa shape index (κ3) is 6.18. The minimum absolute atomic E-state index is 0.00826. The first-order chi connectivity index (χ1) is 19.6. The molecular formula is C34H35N3O3. The Morgan fingerprint density at radius 1 is 0.925 bits per heavy atom. The summed E-state index contributed by atoms with van der Waals surface area (Å²) < 4.78 is 13.4. The van der Waals surface area contributed by atoms with Crippen LogP contribution in [0.4, 0.5) is 0 Å². The van der Waals surface area contributed by atoms with Crippen molar-refractivity contribution in [2.24, 2.45) is 0 Å². The van der Waals surface area contributed by atoms with Crippen molar-refractivity contribution in [2.45, 2.75) is 32.2 Å². The maximum Gasteiger partial charge on any atom is 0.220 e. The summed E-state index contributed by atoms with van der Waals surface area (Å²) in [5, 5.41) is 4.25. The molecule has 0 bridgehead atoms. The molecule has 6 nitrogen and oxygen atoms in total. The van der Waals surface area contributed by atoms with Crippen molar-refractivity contribution in [3.63, 3.8) is 0 Å². The molecule has 0 radical (unpaired) electrons. The molecule has 0 unspecified atom stereocenters. The number of nitrogens with one attached hydrogen (secondary N) is 1. The summed E-state index contributed by atoms with van der Waals surface area (Å²) in [6.45, 7) is 3.38. The quantitative estimate of drug-likeness (QED) is 0.217. The fourth-order valence-corrected chi connectivity index (χ4v) is 5.18. The minimum atomic E-state index is -0.182. The van der Waals surface area contributed by atoms with E-state index in [9.17, 15) is 4.79 Å². The number of carbonyl (C=O) groups excluding carboxylic acids is 1. The number of methoxy groups -OCH3 is 2. The molecule has 6 heteroatoms. The zero-order chi connectivity index (χ0) is 27.9. The second kappa shape index (κ2) is 12.5. The van der Waals surface area contributed by atoms with E-state index in [1.165, 1.54) is 11.1 Å². The molecule has 5 aromatic rings. The molecule has 2 aromatic heterocycles. The summed E-state index contributed by atoms with van der Waals surface area (Å²) >= 11 is 0. The Morgan fingerprint density at radius 3 is 2.45 bits per heavy atom. The average molecular weight is 534 g/mol. The Bertz CT molecular complexity index is 1580. The third-order valence-corrected chi connectivity index (χ3v) is 7.30. The lowest BCUT2D eigenvalue weighted by Crippen LogP contribution is -2.27. The molecule has 0 aliphatic heterocycles. The summed E-state index contributed by atoms with van der Waals surface area (Å²) in [5.74, 6) is 1.11. The molecule has 5 rings (SSSR count). The lowest BCUT2D eigenvalue weighted by Gasteiger charge is -2.19. The van der Waals surface area contributed by atoms with Crippen molar-refractivity contribution in [2.75, 3.05) is 20.8 Å². The lowest BCUT2D eigenvalue weighted by atomic mass is 9.87. The van der Waals surface area contributed by atoms with Gasteiger partial charge in [-0.25, -0.2) is 0 Å². The number of aromatic nitrogens is 2. The summed E-state index contributed by atoms with van der Waals surface area (Å²) in [6.07, 6.45) is 4.96. The number of benzene rings is 3. The number of pyridine rings is 1. The van der Waals surface area contributed by atoms with Crippen molar-refractivity contribution in [3.8, 4) is 11.5 Å². The van der Waals surface area contributed by atoms with E-state index in [2.05, 4.69) is 76.5 Å². The van der Waals surface area contributed by atoms with Crippen LogP contribution in [0.1, 0.15) is 40.3 Å². The molecule has 0 fully saturated rings. The molecular weight excluding hydrogens is 498 g/mol. The van der Waals surface area contributed by atoms with Crippen molar-refractivity contribution in [3.05, 3.63) is 125 Å². The van der Waals surface area contributed by atoms with Crippen molar-refractivity contribution in [1.29, 1.82) is 0 Å². The van der Waals surface area contributed by atoms with Crippen LogP contribution in [0, 0.1) is 6.92 Å². The zero-order valence-electron chi connectivity index (χ0n) is 23.3. The van der Waals surface area contributed by atoms with Gasteiger partial charge in [-0.05, 0) is 53.9 Å². The van der Waals surface area contributed by atoms with Gasteiger partial charge in [0.15, 0.2) is 11.5 Å². The minimum Gasteiger partial charge on any atom is -0.493 e. The zero-order valence-corrected chi connectivity index (χ0v) is 23.3. The summed E-state index contributed by atoms with van der Waals surface area (Å²) in [7, 11) is 3.26. The number of hydrogen-bond donors (Lipinski definition) is 1. The van der Waals surface area contributed by atoms with Crippen molar-refractivity contribution < 1.29 is 14.3 Å². The summed E-state index contributed by atoms with van der Waals surface area (Å²) in [6, 6.07) is 28.8.